The molecule has 0 bridgehead atoms. The van der Waals surface area contributed by atoms with Crippen LogP contribution in [0.25, 0.3) is 0 Å². The van der Waals surface area contributed by atoms with E-state index >= 15 is 0 Å². The summed E-state index contributed by atoms with van der Waals surface area (Å²) in [6, 6.07) is -0.212. The van der Waals surface area contributed by atoms with E-state index in [0.29, 0.717) is 13.0 Å². The highest BCUT2D eigenvalue weighted by atomic mass is 16.5. The minimum atomic E-state index is -0.617. The van der Waals surface area contributed by atoms with Gasteiger partial charge in [-0.2, -0.15) is 0 Å². The van der Waals surface area contributed by atoms with Crippen LogP contribution < -0.4 is 5.32 Å². The van der Waals surface area contributed by atoms with Gasteiger partial charge in [-0.15, -0.1) is 0 Å². The van der Waals surface area contributed by atoms with Crippen LogP contribution in [0.5, 0.6) is 0 Å². The quantitative estimate of drug-likeness (QED) is 0.780. The normalized spacial score (nSPS) is 23.9. The monoisotopic (exact) mass is 253 g/mol. The third kappa shape index (κ3) is 2.88. The lowest BCUT2D eigenvalue weighted by Gasteiger charge is -2.28. The standard InChI is InChI=1S/C12H19N3O3/c1-8-9(2)15(7-13-8)5-12(17)14-10-3-4-18-6-11(10)16/h7,10-11,16H,3-6H2,1-2H3,(H,14,17)/t10-,11-/m1/s1. The van der Waals surface area contributed by atoms with Crippen molar-refractivity contribution in [2.45, 2.75) is 39.0 Å². The number of ether oxygens (including phenoxy) is 1. The molecule has 2 N–H and O–H groups in total. The Bertz CT molecular complexity index is 430. The van der Waals surface area contributed by atoms with Crippen LogP contribution in [0.4, 0.5) is 0 Å². The molecule has 18 heavy (non-hydrogen) atoms. The van der Waals surface area contributed by atoms with E-state index in [1.165, 1.54) is 0 Å². The van der Waals surface area contributed by atoms with Crippen molar-refractivity contribution < 1.29 is 14.6 Å². The van der Waals surface area contributed by atoms with Gasteiger partial charge in [-0.25, -0.2) is 4.98 Å². The van der Waals surface area contributed by atoms with Crippen LogP contribution in [0.3, 0.4) is 0 Å². The first-order valence-electron chi connectivity index (χ1n) is 6.11. The molecule has 2 heterocycles. The average Bonchev–Trinajstić information content (AvgIpc) is 2.64. The Balaban J connectivity index is 1.90. The van der Waals surface area contributed by atoms with Crippen LogP contribution in [0.15, 0.2) is 6.33 Å². The first-order valence-corrected chi connectivity index (χ1v) is 6.11. The molecule has 1 fully saturated rings. The van der Waals surface area contributed by atoms with Gasteiger partial charge in [-0.1, -0.05) is 0 Å². The first kappa shape index (κ1) is 13.0. The molecule has 2 atom stereocenters. The molecule has 1 saturated heterocycles. The smallest absolute Gasteiger partial charge is 0.240 e. The van der Waals surface area contributed by atoms with E-state index < -0.39 is 6.10 Å². The highest BCUT2D eigenvalue weighted by Gasteiger charge is 2.25. The van der Waals surface area contributed by atoms with Crippen molar-refractivity contribution >= 4 is 5.91 Å². The predicted octanol–water partition coefficient (Wildman–Crippen LogP) is -0.234. The maximum Gasteiger partial charge on any atom is 0.240 e. The summed E-state index contributed by atoms with van der Waals surface area (Å²) < 4.78 is 6.92. The number of amides is 1. The van der Waals surface area contributed by atoms with E-state index in [1.807, 2.05) is 13.8 Å². The zero-order valence-corrected chi connectivity index (χ0v) is 10.7. The van der Waals surface area contributed by atoms with Crippen LogP contribution in [0, 0.1) is 13.8 Å². The van der Waals surface area contributed by atoms with Gasteiger partial charge in [0.15, 0.2) is 0 Å². The minimum Gasteiger partial charge on any atom is -0.389 e. The van der Waals surface area contributed by atoms with E-state index in [1.54, 1.807) is 10.9 Å². The average molecular weight is 253 g/mol. The van der Waals surface area contributed by atoms with E-state index in [4.69, 9.17) is 4.74 Å². The number of aliphatic hydroxyl groups excluding tert-OH is 1. The lowest BCUT2D eigenvalue weighted by atomic mass is 10.1. The molecule has 0 unspecified atom stereocenters. The second kappa shape index (κ2) is 5.49. The van der Waals surface area contributed by atoms with Crippen molar-refractivity contribution in [1.29, 1.82) is 0 Å². The molecule has 2 rings (SSSR count). The number of carbonyl (C=O) groups is 1. The van der Waals surface area contributed by atoms with Gasteiger partial charge < -0.3 is 19.7 Å². The Morgan fingerprint density at radius 1 is 1.67 bits per heavy atom. The second-order valence-electron chi connectivity index (χ2n) is 4.65. The third-order valence-corrected chi connectivity index (χ3v) is 3.33. The number of aromatic nitrogens is 2. The molecule has 1 aromatic heterocycles. The SMILES string of the molecule is Cc1ncn(CC(=O)N[C@@H]2CCOC[C@H]2O)c1C. The Morgan fingerprint density at radius 2 is 2.44 bits per heavy atom. The summed E-state index contributed by atoms with van der Waals surface area (Å²) in [4.78, 5) is 16.0. The van der Waals surface area contributed by atoms with Crippen molar-refractivity contribution in [2.75, 3.05) is 13.2 Å². The first-order chi connectivity index (χ1) is 8.58. The van der Waals surface area contributed by atoms with Gasteiger partial charge in [0, 0.05) is 12.3 Å². The fourth-order valence-corrected chi connectivity index (χ4v) is 2.00. The van der Waals surface area contributed by atoms with Gasteiger partial charge in [-0.3, -0.25) is 4.79 Å². The Morgan fingerprint density at radius 3 is 3.06 bits per heavy atom. The number of hydrogen-bond acceptors (Lipinski definition) is 4. The third-order valence-electron chi connectivity index (χ3n) is 3.33. The number of rotatable bonds is 3. The molecule has 1 aromatic rings. The van der Waals surface area contributed by atoms with Crippen molar-refractivity contribution in [2.24, 2.45) is 0 Å². The molecule has 1 aliphatic rings. The topological polar surface area (TPSA) is 76.4 Å². The summed E-state index contributed by atoms with van der Waals surface area (Å²) >= 11 is 0. The maximum absolute atomic E-state index is 11.9. The summed E-state index contributed by atoms with van der Waals surface area (Å²) in [5.74, 6) is -0.110. The lowest BCUT2D eigenvalue weighted by molar-refractivity contribution is -0.125. The lowest BCUT2D eigenvalue weighted by Crippen LogP contribution is -2.49. The summed E-state index contributed by atoms with van der Waals surface area (Å²) in [7, 11) is 0. The predicted molar refractivity (Wildman–Crippen MR) is 65.1 cm³/mol. The number of aliphatic hydroxyl groups is 1. The van der Waals surface area contributed by atoms with Crippen LogP contribution in [0.1, 0.15) is 17.8 Å². The van der Waals surface area contributed by atoms with Crippen molar-refractivity contribution in [1.82, 2.24) is 14.9 Å². The number of nitrogens with one attached hydrogen (secondary N) is 1. The Kier molecular flexibility index (Phi) is 3.98. The molecule has 0 radical (unpaired) electrons. The number of hydrogen-bond donors (Lipinski definition) is 2. The highest BCUT2D eigenvalue weighted by molar-refractivity contribution is 5.76. The van der Waals surface area contributed by atoms with Gasteiger partial charge in [-0.05, 0) is 20.3 Å². The van der Waals surface area contributed by atoms with Gasteiger partial charge >= 0.3 is 0 Å². The molecule has 0 aromatic carbocycles. The fourth-order valence-electron chi connectivity index (χ4n) is 2.00. The van der Waals surface area contributed by atoms with E-state index in [2.05, 4.69) is 10.3 Å². The van der Waals surface area contributed by atoms with Gasteiger partial charge in [0.2, 0.25) is 5.91 Å². The van der Waals surface area contributed by atoms with Crippen molar-refractivity contribution in [3.05, 3.63) is 17.7 Å². The molecule has 6 nitrogen and oxygen atoms in total. The molecular formula is C12H19N3O3. The molecule has 1 aliphatic heterocycles. The molecule has 1 amide bonds. The molecule has 0 saturated carbocycles. The van der Waals surface area contributed by atoms with Gasteiger partial charge in [0.05, 0.1) is 30.8 Å². The van der Waals surface area contributed by atoms with Crippen LogP contribution in [0.2, 0.25) is 0 Å². The van der Waals surface area contributed by atoms with Crippen molar-refractivity contribution in [3.63, 3.8) is 0 Å². The molecule has 0 aliphatic carbocycles. The van der Waals surface area contributed by atoms with E-state index in [9.17, 15) is 9.90 Å². The molecule has 100 valence electrons. The van der Waals surface area contributed by atoms with Crippen LogP contribution in [-0.4, -0.2) is 45.9 Å². The second-order valence-corrected chi connectivity index (χ2v) is 4.65. The summed E-state index contributed by atoms with van der Waals surface area (Å²) in [6.45, 7) is 4.93. The molecular weight excluding hydrogens is 234 g/mol. The zero-order valence-electron chi connectivity index (χ0n) is 10.7. The van der Waals surface area contributed by atoms with Crippen LogP contribution in [-0.2, 0) is 16.1 Å². The van der Waals surface area contributed by atoms with Gasteiger partial charge in [0.25, 0.3) is 0 Å². The number of imidazole rings is 1. The number of nitrogens with zero attached hydrogens (tertiary/aromatic N) is 2. The van der Waals surface area contributed by atoms with Gasteiger partial charge in [0.1, 0.15) is 6.54 Å². The summed E-state index contributed by atoms with van der Waals surface area (Å²) in [5.41, 5.74) is 1.91. The highest BCUT2D eigenvalue weighted by Crippen LogP contribution is 2.08. The van der Waals surface area contributed by atoms with Crippen LogP contribution >= 0.6 is 0 Å². The summed E-state index contributed by atoms with van der Waals surface area (Å²) in [5, 5.41) is 12.5. The Labute approximate surface area is 106 Å². The maximum atomic E-state index is 11.9. The minimum absolute atomic E-state index is 0.110. The Hall–Kier alpha value is -1.40. The number of carbonyl (C=O) groups excluding carboxylic acids is 1. The molecule has 0 spiro atoms. The van der Waals surface area contributed by atoms with E-state index in [-0.39, 0.29) is 25.1 Å². The summed E-state index contributed by atoms with van der Waals surface area (Å²) in [6.07, 6.45) is 1.69. The molecule has 6 heteroatoms. The van der Waals surface area contributed by atoms with Crippen molar-refractivity contribution in [3.8, 4) is 0 Å². The van der Waals surface area contributed by atoms with E-state index in [0.717, 1.165) is 11.4 Å². The largest absolute Gasteiger partial charge is 0.389 e. The number of aryl methyl sites for hydroxylation is 1. The zero-order chi connectivity index (χ0) is 13.1. The fraction of sp³-hybridized carbons (Fsp3) is 0.667.